The molecule has 1 N–H and O–H groups in total. The minimum absolute atomic E-state index is 0.00677. The number of rotatable bonds is 14. The van der Waals surface area contributed by atoms with Crippen molar-refractivity contribution in [3.05, 3.63) is 70.4 Å². The zero-order valence-electron chi connectivity index (χ0n) is 33.9. The molecule has 4 aliphatic rings. The summed E-state index contributed by atoms with van der Waals surface area (Å²) >= 11 is 0. The van der Waals surface area contributed by atoms with Crippen LogP contribution in [0.25, 0.3) is 11.0 Å². The van der Waals surface area contributed by atoms with Gasteiger partial charge in [-0.15, -0.1) is 0 Å². The molecule has 1 atom stereocenters. The molecule has 1 amide bonds. The summed E-state index contributed by atoms with van der Waals surface area (Å²) in [6.45, 7) is 12.0. The number of ether oxygens (including phenoxy) is 4. The van der Waals surface area contributed by atoms with Gasteiger partial charge in [-0.25, -0.2) is 27.9 Å². The molecule has 1 aromatic carbocycles. The van der Waals surface area contributed by atoms with Gasteiger partial charge in [0.15, 0.2) is 0 Å². The van der Waals surface area contributed by atoms with E-state index in [0.717, 1.165) is 64.5 Å². The zero-order chi connectivity index (χ0) is 41.0. The van der Waals surface area contributed by atoms with E-state index >= 15 is 13.2 Å². The number of likely N-dealkylation sites (tertiary alicyclic amines) is 1. The lowest BCUT2D eigenvalue weighted by atomic mass is 9.85. The first-order chi connectivity index (χ1) is 27.8. The van der Waals surface area contributed by atoms with E-state index in [1.807, 2.05) is 6.07 Å². The summed E-state index contributed by atoms with van der Waals surface area (Å²) in [5.74, 6) is -5.25. The standard InChI is InChI=1S/C42H56F3N7O6/c1-28(31-10-9-11-33(36(31)43)42(44,45)29-13-16-51(17-14-29)40(54)58-41(2,3)4)48-37-32-24-34(50-20-18-49(19-21-50)30-25-55-26-30)39(53)52(38(32)47-27-46-37)15-8-6-5-7-12-35-56-22-23-57-35/h9-11,22-24,27-30,35H,5-8,12-21,25-26H2,1-4H3,(H,46,47,48)/t28-/m1/s1. The van der Waals surface area contributed by atoms with E-state index in [4.69, 9.17) is 18.9 Å². The fourth-order valence-electron chi connectivity index (χ4n) is 8.22. The number of aryl methyl sites for hydroxylation is 1. The number of anilines is 2. The predicted octanol–water partition coefficient (Wildman–Crippen LogP) is 7.16. The molecule has 6 heterocycles. The lowest BCUT2D eigenvalue weighted by Crippen LogP contribution is -2.57. The van der Waals surface area contributed by atoms with E-state index in [0.29, 0.717) is 48.2 Å². The second-order valence-corrected chi connectivity index (χ2v) is 16.8. The van der Waals surface area contributed by atoms with Gasteiger partial charge in [-0.2, -0.15) is 0 Å². The van der Waals surface area contributed by atoms with Gasteiger partial charge in [0, 0.05) is 63.7 Å². The first-order valence-corrected chi connectivity index (χ1v) is 20.6. The number of alkyl halides is 2. The van der Waals surface area contributed by atoms with Gasteiger partial charge in [-0.1, -0.05) is 31.0 Å². The van der Waals surface area contributed by atoms with Crippen LogP contribution in [-0.2, 0) is 31.4 Å². The molecule has 0 spiro atoms. The predicted molar refractivity (Wildman–Crippen MR) is 213 cm³/mol. The summed E-state index contributed by atoms with van der Waals surface area (Å²) in [5.41, 5.74) is -0.471. The van der Waals surface area contributed by atoms with Crippen LogP contribution in [0.2, 0.25) is 0 Å². The average molecular weight is 812 g/mol. The van der Waals surface area contributed by atoms with Crippen molar-refractivity contribution in [1.29, 1.82) is 0 Å². The van der Waals surface area contributed by atoms with Crippen LogP contribution in [0.3, 0.4) is 0 Å². The van der Waals surface area contributed by atoms with E-state index in [-0.39, 0.29) is 43.3 Å². The number of aromatic nitrogens is 3. The Hall–Kier alpha value is -4.57. The van der Waals surface area contributed by atoms with E-state index in [1.165, 1.54) is 23.4 Å². The molecule has 4 aliphatic heterocycles. The number of fused-ring (bicyclic) bond motifs is 1. The van der Waals surface area contributed by atoms with Crippen molar-refractivity contribution in [2.24, 2.45) is 5.92 Å². The highest BCUT2D eigenvalue weighted by Gasteiger charge is 2.46. The Kier molecular flexibility index (Phi) is 12.7. The van der Waals surface area contributed by atoms with Gasteiger partial charge in [0.25, 0.3) is 11.5 Å². The minimum atomic E-state index is -3.47. The average Bonchev–Trinajstić information content (AvgIpc) is 3.70. The summed E-state index contributed by atoms with van der Waals surface area (Å²) in [5, 5.41) is 3.87. The van der Waals surface area contributed by atoms with Crippen molar-refractivity contribution in [2.45, 2.75) is 109 Å². The monoisotopic (exact) mass is 811 g/mol. The van der Waals surface area contributed by atoms with Gasteiger partial charge in [0.2, 0.25) is 6.29 Å². The van der Waals surface area contributed by atoms with Crippen molar-refractivity contribution in [3.8, 4) is 0 Å². The van der Waals surface area contributed by atoms with E-state index in [1.54, 1.807) is 44.8 Å². The molecule has 7 rings (SSSR count). The molecular weight excluding hydrogens is 755 g/mol. The molecule has 0 unspecified atom stereocenters. The molecule has 3 saturated heterocycles. The van der Waals surface area contributed by atoms with Crippen molar-refractivity contribution in [1.82, 2.24) is 24.3 Å². The number of piperazine rings is 1. The molecular formula is C42H56F3N7O6. The fourth-order valence-corrected chi connectivity index (χ4v) is 8.22. The topological polar surface area (TPSA) is 124 Å². The van der Waals surface area contributed by atoms with Crippen LogP contribution in [0, 0.1) is 11.7 Å². The number of hydrogen-bond acceptors (Lipinski definition) is 11. The van der Waals surface area contributed by atoms with Crippen molar-refractivity contribution < 1.29 is 36.9 Å². The number of pyridine rings is 1. The van der Waals surface area contributed by atoms with E-state index < -0.39 is 41.0 Å². The van der Waals surface area contributed by atoms with Crippen LogP contribution >= 0.6 is 0 Å². The number of nitrogens with one attached hydrogen (secondary N) is 1. The van der Waals surface area contributed by atoms with Crippen LogP contribution in [0.4, 0.5) is 29.5 Å². The quantitative estimate of drug-likeness (QED) is 0.167. The molecule has 58 heavy (non-hydrogen) atoms. The van der Waals surface area contributed by atoms with Crippen molar-refractivity contribution in [3.63, 3.8) is 0 Å². The molecule has 2 aromatic heterocycles. The normalized spacial score (nSPS) is 19.2. The maximum atomic E-state index is 16.3. The third-order valence-corrected chi connectivity index (χ3v) is 11.6. The van der Waals surface area contributed by atoms with Crippen LogP contribution in [-0.4, -0.2) is 101 Å². The number of carbonyl (C=O) groups is 1. The van der Waals surface area contributed by atoms with Crippen molar-refractivity contribution in [2.75, 3.05) is 62.7 Å². The number of benzene rings is 1. The number of amides is 1. The summed E-state index contributed by atoms with van der Waals surface area (Å²) in [6, 6.07) is 5.52. The highest BCUT2D eigenvalue weighted by Crippen LogP contribution is 2.44. The lowest BCUT2D eigenvalue weighted by molar-refractivity contribution is -0.0885. The molecule has 3 fully saturated rings. The number of hydrogen-bond donors (Lipinski definition) is 1. The van der Waals surface area contributed by atoms with Gasteiger partial charge in [-0.05, 0) is 59.4 Å². The van der Waals surface area contributed by atoms with Crippen LogP contribution in [0.15, 0.2) is 47.9 Å². The molecule has 316 valence electrons. The summed E-state index contributed by atoms with van der Waals surface area (Å²) in [6.07, 6.45) is 7.97. The third kappa shape index (κ3) is 9.33. The third-order valence-electron chi connectivity index (χ3n) is 11.6. The van der Waals surface area contributed by atoms with E-state index in [2.05, 4.69) is 25.1 Å². The Morgan fingerprint density at radius 1 is 0.983 bits per heavy atom. The Labute approximate surface area is 337 Å². The number of unbranched alkanes of at least 4 members (excludes halogenated alkanes) is 3. The van der Waals surface area contributed by atoms with Gasteiger partial charge in [-0.3, -0.25) is 14.3 Å². The molecule has 0 aliphatic carbocycles. The second-order valence-electron chi connectivity index (χ2n) is 16.8. The number of nitrogens with zero attached hydrogens (tertiary/aromatic N) is 6. The highest BCUT2D eigenvalue weighted by atomic mass is 19.3. The second kappa shape index (κ2) is 17.7. The Bertz CT molecular complexity index is 1980. The Balaban J connectivity index is 1.09. The molecule has 16 heteroatoms. The fraction of sp³-hybridized carbons (Fsp3) is 0.619. The smallest absolute Gasteiger partial charge is 0.410 e. The summed E-state index contributed by atoms with van der Waals surface area (Å²) < 4.78 is 71.9. The summed E-state index contributed by atoms with van der Waals surface area (Å²) in [4.78, 5) is 41.8. The van der Waals surface area contributed by atoms with Crippen LogP contribution in [0.1, 0.15) is 89.8 Å². The first-order valence-electron chi connectivity index (χ1n) is 20.6. The number of halogens is 3. The van der Waals surface area contributed by atoms with Crippen LogP contribution < -0.4 is 15.8 Å². The van der Waals surface area contributed by atoms with E-state index in [9.17, 15) is 9.59 Å². The summed E-state index contributed by atoms with van der Waals surface area (Å²) in [7, 11) is 0. The minimum Gasteiger partial charge on any atom is -0.459 e. The molecule has 0 radical (unpaired) electrons. The van der Waals surface area contributed by atoms with Gasteiger partial charge >= 0.3 is 6.09 Å². The van der Waals surface area contributed by atoms with Crippen molar-refractivity contribution >= 4 is 28.6 Å². The number of piperidine rings is 1. The Morgan fingerprint density at radius 3 is 2.36 bits per heavy atom. The number of carbonyl (C=O) groups excluding carboxylic acids is 1. The Morgan fingerprint density at radius 2 is 1.69 bits per heavy atom. The highest BCUT2D eigenvalue weighted by molar-refractivity contribution is 5.89. The lowest BCUT2D eigenvalue weighted by Gasteiger charge is -2.43. The molecule has 0 bridgehead atoms. The van der Waals surface area contributed by atoms with Crippen LogP contribution in [0.5, 0.6) is 0 Å². The zero-order valence-corrected chi connectivity index (χ0v) is 33.9. The van der Waals surface area contributed by atoms with Gasteiger partial charge < -0.3 is 34.1 Å². The largest absolute Gasteiger partial charge is 0.459 e. The van der Waals surface area contributed by atoms with Gasteiger partial charge in [0.05, 0.1) is 36.2 Å². The molecule has 0 saturated carbocycles. The first kappa shape index (κ1) is 41.6. The van der Waals surface area contributed by atoms with Gasteiger partial charge in [0.1, 0.15) is 47.4 Å². The maximum absolute atomic E-state index is 16.3. The molecule has 13 nitrogen and oxygen atoms in total. The molecule has 3 aromatic rings. The maximum Gasteiger partial charge on any atom is 0.410 e. The SMILES string of the molecule is C[C@@H](Nc1ncnc2c1cc(N1CCN(C3COC3)CC1)c(=O)n2CCCCCCC1OC=CO1)c1cccc(C(F)(F)C2CCN(C(=O)OC(C)(C)C)CC2)c1F.